The zero-order valence-electron chi connectivity index (χ0n) is 65.6. The molecule has 35 nitrogen and oxygen atoms in total. The number of aliphatic carboxylic acids is 1. The molecule has 0 spiro atoms. The largest absolute Gasteiger partial charge is 0.481 e. The number of Topliss-reactive ketones (excluding diaryl/α,β-unsaturated/α-hetero) is 1. The molecule has 11 aliphatic rings. The van der Waals surface area contributed by atoms with Crippen LogP contribution in [-0.2, 0) is 80.8 Å². The molecule has 648 valence electrons. The second kappa shape index (κ2) is 37.0. The lowest BCUT2D eigenvalue weighted by molar-refractivity contribution is -0.382. The zero-order chi connectivity index (χ0) is 82.4. The summed E-state index contributed by atoms with van der Waals surface area (Å²) in [6.07, 6.45) is -36.8. The predicted octanol–water partition coefficient (Wildman–Crippen LogP) is -1.61. The highest BCUT2D eigenvalue weighted by molar-refractivity contribution is 5.80. The van der Waals surface area contributed by atoms with Crippen LogP contribution in [-0.4, -0.2) is 333 Å². The molecule has 35 heteroatoms. The number of rotatable bonds is 30. The molecule has 10 fully saturated rings. The predicted molar refractivity (Wildman–Crippen MR) is 383 cm³/mol. The van der Waals surface area contributed by atoms with Gasteiger partial charge >= 0.3 is 17.9 Å². The van der Waals surface area contributed by atoms with Crippen molar-refractivity contribution in [2.24, 2.45) is 50.2 Å². The Balaban J connectivity index is 0.808. The summed E-state index contributed by atoms with van der Waals surface area (Å²) in [6.45, 7) is 10.8. The van der Waals surface area contributed by atoms with Crippen molar-refractivity contribution in [1.82, 2.24) is 0 Å². The Bertz CT molecular complexity index is 3200. The topological polar surface area (TPSA) is 552 Å². The summed E-state index contributed by atoms with van der Waals surface area (Å²) < 4.78 is 78.3. The fraction of sp³-hybridized carbons (Fsp3) is 0.923. The highest BCUT2D eigenvalue weighted by Gasteiger charge is 2.75. The van der Waals surface area contributed by atoms with Crippen molar-refractivity contribution >= 4 is 23.7 Å². The highest BCUT2D eigenvalue weighted by atomic mass is 16.8. The maximum Gasteiger partial charge on any atom is 0.317 e. The molecule has 5 aliphatic carbocycles. The summed E-state index contributed by atoms with van der Waals surface area (Å²) in [5.74, 6) is -4.79. The molecule has 0 aromatic carbocycles. The first kappa shape index (κ1) is 90.5. The first-order valence-electron chi connectivity index (χ1n) is 40.7. The Morgan fingerprint density at radius 3 is 1.61 bits per heavy atom. The van der Waals surface area contributed by atoms with E-state index in [4.69, 9.17) is 61.6 Å². The summed E-state index contributed by atoms with van der Waals surface area (Å²) in [5, 5.41) is 198. The van der Waals surface area contributed by atoms with Gasteiger partial charge < -0.3 is 153 Å². The van der Waals surface area contributed by atoms with Crippen LogP contribution in [0, 0.1) is 50.2 Å². The Kier molecular flexibility index (Phi) is 29.6. The summed E-state index contributed by atoms with van der Waals surface area (Å²) in [7, 11) is 0. The van der Waals surface area contributed by atoms with Crippen LogP contribution in [0.5, 0.6) is 0 Å². The Morgan fingerprint density at radius 1 is 0.487 bits per heavy atom. The van der Waals surface area contributed by atoms with Gasteiger partial charge in [0.25, 0.3) is 0 Å². The van der Waals surface area contributed by atoms with Gasteiger partial charge in [-0.15, -0.1) is 0 Å². The molecule has 0 unspecified atom stereocenters. The number of carboxylic acid groups (broad SMARTS) is 1. The van der Waals surface area contributed by atoms with Crippen LogP contribution in [0.15, 0.2) is 11.6 Å². The van der Waals surface area contributed by atoms with Gasteiger partial charge in [-0.1, -0.05) is 84.8 Å². The number of fused-ring (bicyclic) bond motifs is 7. The maximum atomic E-state index is 16.3. The minimum absolute atomic E-state index is 0.00291. The van der Waals surface area contributed by atoms with Crippen molar-refractivity contribution in [3.8, 4) is 0 Å². The standard InChI is InChI=1S/C78H126O35/c1-36-61(109-66-57(94)51(88)42(83)33-103-66)55(92)60(97)68(106-36)111-63-62(110-67-58(95)52(89)43(84)34-104-67)45(107-49(86)20-16-12-11-15-19-37(80)18-14-10-8-9-13-17-27-101-65-56(93)50(87)41(82)32-102-65)35-105-70(63)113-72(100)78-26-25-73(2,3)28-39(78)38-21-22-46-74(4)29-40(81)64(112-69-59(96)54(91)53(90)44(31-79)108-69)77(7,71(98)99)47(74)23-24-75(46,5)76(38,6)30-48(78)85/h21,36,39-48,50-70,79,81-85,87-97H,8-20,22-35H2,1-7H3,(H,98,99)/t36-,39-,40-,41+,42-,43-,44+,45-,46+,47+,48+,50-,51-,52-,53+,54-,55-,56+,57+,58+,59+,60+,61-,62-,63+,64-,65+,66-,67-,68-,69-,70-,74+,75+,76+,77-,78+/m0/s1. The number of ether oxygens (including phenoxy) is 13. The summed E-state index contributed by atoms with van der Waals surface area (Å²) in [6, 6.07) is 0. The number of hydrogen-bond acceptors (Lipinski definition) is 34. The van der Waals surface area contributed by atoms with E-state index in [1.165, 1.54) is 13.8 Å². The number of esters is 2. The minimum Gasteiger partial charge on any atom is -0.481 e. The number of carboxylic acids is 1. The first-order chi connectivity index (χ1) is 53.3. The van der Waals surface area contributed by atoms with Gasteiger partial charge in [0.15, 0.2) is 43.7 Å². The number of ketones is 1. The number of unbranched alkanes of at least 4 members (excludes halogenated alkanes) is 8. The lowest BCUT2D eigenvalue weighted by atomic mass is 9.33. The SMILES string of the molecule is C[C@@H]1O[C@@H](O[C@H]2[C@H](OC(=O)[C@]34CCC(C)(C)C[C@H]3C3=CC[C@@H]5[C@@]6(C)C[C@H](O)[C@H](O[C@@H]7O[C@H](CO)[C@@H](O)[C@H](O)[C@H]7O)[C@@](C)(C(=O)O)[C@@H]6CC[C@@]5(C)[C@]3(C)C[C@H]4O)OC[C@H](OC(=O)CCCCCCC(=O)CCCCCCCCO[C@@H]3OC[C@@H](O)[C@H](O)[C@H]3O)[C@@H]2O[C@@H]2OC[C@H](O)[C@H](O)[C@H]2O)[C@H](O)[C@H](O)[C@H]1O[C@@H]1OC[C@H](O)[C@H](O)[C@H]1O. The van der Waals surface area contributed by atoms with Crippen LogP contribution in [0.4, 0.5) is 0 Å². The normalized spacial score (nSPS) is 47.8. The fourth-order valence-corrected chi connectivity index (χ4v) is 20.9. The number of aliphatic hydroxyl groups excluding tert-OH is 17. The van der Waals surface area contributed by atoms with E-state index >= 15 is 4.79 Å². The van der Waals surface area contributed by atoms with Crippen LogP contribution in [0.2, 0.25) is 0 Å². The van der Waals surface area contributed by atoms with Gasteiger partial charge in [-0.2, -0.15) is 0 Å². The molecule has 0 bridgehead atoms. The van der Waals surface area contributed by atoms with Gasteiger partial charge in [0, 0.05) is 25.9 Å². The van der Waals surface area contributed by atoms with E-state index in [1.54, 1.807) is 0 Å². The molecule has 4 saturated carbocycles. The van der Waals surface area contributed by atoms with Crippen LogP contribution < -0.4 is 0 Å². The molecule has 0 amide bonds. The number of allylic oxidation sites excluding steroid dienone is 2. The molecular formula is C78H126O35. The van der Waals surface area contributed by atoms with E-state index in [0.29, 0.717) is 77.2 Å². The number of carbonyl (C=O) groups is 4. The Morgan fingerprint density at radius 2 is 1.01 bits per heavy atom. The molecule has 18 N–H and O–H groups in total. The molecule has 0 radical (unpaired) electrons. The van der Waals surface area contributed by atoms with E-state index in [-0.39, 0.29) is 50.4 Å². The number of hydrogen-bond donors (Lipinski definition) is 18. The van der Waals surface area contributed by atoms with Crippen molar-refractivity contribution in [3.05, 3.63) is 11.6 Å². The molecule has 37 atom stereocenters. The van der Waals surface area contributed by atoms with Gasteiger partial charge in [0.05, 0.1) is 56.8 Å². The molecule has 6 heterocycles. The molecule has 0 aromatic heterocycles. The third kappa shape index (κ3) is 18.1. The molecule has 6 aliphatic heterocycles. The van der Waals surface area contributed by atoms with E-state index in [9.17, 15) is 106 Å². The van der Waals surface area contributed by atoms with Crippen LogP contribution in [0.25, 0.3) is 0 Å². The molecular weight excluding hydrogens is 1500 g/mol. The van der Waals surface area contributed by atoms with Crippen molar-refractivity contribution in [2.75, 3.05) is 39.6 Å². The van der Waals surface area contributed by atoms with Crippen molar-refractivity contribution in [3.63, 3.8) is 0 Å². The summed E-state index contributed by atoms with van der Waals surface area (Å²) in [4.78, 5) is 57.3. The van der Waals surface area contributed by atoms with Gasteiger partial charge in [-0.05, 0) is 130 Å². The van der Waals surface area contributed by atoms with Gasteiger partial charge in [-0.25, -0.2) is 0 Å². The summed E-state index contributed by atoms with van der Waals surface area (Å²) >= 11 is 0. The average molecular weight is 1620 g/mol. The Labute approximate surface area is 657 Å². The molecule has 113 heavy (non-hydrogen) atoms. The maximum absolute atomic E-state index is 16.3. The lowest BCUT2D eigenvalue weighted by Gasteiger charge is -2.71. The average Bonchev–Trinajstić information content (AvgIpc) is 0.667. The minimum atomic E-state index is -2.11. The van der Waals surface area contributed by atoms with Crippen molar-refractivity contribution in [1.29, 1.82) is 0 Å². The van der Waals surface area contributed by atoms with Crippen LogP contribution in [0.1, 0.15) is 183 Å². The Hall–Kier alpha value is -3.30. The highest BCUT2D eigenvalue weighted by Crippen LogP contribution is 2.76. The lowest BCUT2D eigenvalue weighted by Crippen LogP contribution is -2.71. The first-order valence-corrected chi connectivity index (χ1v) is 40.7. The molecule has 11 rings (SSSR count). The third-order valence-corrected chi connectivity index (χ3v) is 27.9. The number of carbonyl (C=O) groups excluding carboxylic acids is 3. The van der Waals surface area contributed by atoms with Gasteiger partial charge in [0.1, 0.15) is 121 Å². The van der Waals surface area contributed by atoms with Crippen molar-refractivity contribution in [2.45, 2.75) is 361 Å². The van der Waals surface area contributed by atoms with E-state index in [0.717, 1.165) is 37.7 Å². The van der Waals surface area contributed by atoms with E-state index in [2.05, 4.69) is 26.8 Å². The molecule has 0 aromatic rings. The van der Waals surface area contributed by atoms with Gasteiger partial charge in [-0.3, -0.25) is 19.2 Å². The van der Waals surface area contributed by atoms with Crippen LogP contribution in [0.3, 0.4) is 0 Å². The second-order valence-corrected chi connectivity index (χ2v) is 35.7. The third-order valence-electron chi connectivity index (χ3n) is 27.9. The zero-order valence-corrected chi connectivity index (χ0v) is 65.6. The smallest absolute Gasteiger partial charge is 0.317 e. The second-order valence-electron chi connectivity index (χ2n) is 35.7. The van der Waals surface area contributed by atoms with Gasteiger partial charge in [0.2, 0.25) is 6.29 Å². The van der Waals surface area contributed by atoms with E-state index in [1.807, 2.05) is 13.8 Å². The number of aliphatic hydroxyl groups is 17. The monoisotopic (exact) mass is 1620 g/mol. The fourth-order valence-electron chi connectivity index (χ4n) is 20.9. The van der Waals surface area contributed by atoms with Crippen LogP contribution >= 0.6 is 0 Å². The van der Waals surface area contributed by atoms with E-state index < -0.39 is 267 Å². The summed E-state index contributed by atoms with van der Waals surface area (Å²) in [5.41, 5.74) is -5.90. The quantitative estimate of drug-likeness (QED) is 0.0166. The van der Waals surface area contributed by atoms with Crippen molar-refractivity contribution < 1.29 is 173 Å². The molecule has 6 saturated heterocycles.